The second-order valence-corrected chi connectivity index (χ2v) is 11.4. The molecule has 2 amide bonds. The van der Waals surface area contributed by atoms with Crippen LogP contribution in [0.2, 0.25) is 0 Å². The minimum atomic E-state index is -0.148. The van der Waals surface area contributed by atoms with Crippen LogP contribution in [-0.4, -0.2) is 50.2 Å². The fraction of sp³-hybridized carbons (Fsp3) is 0.360. The van der Waals surface area contributed by atoms with Gasteiger partial charge in [-0.05, 0) is 44.6 Å². The molecule has 0 spiro atoms. The zero-order valence-corrected chi connectivity index (χ0v) is 20.9. The van der Waals surface area contributed by atoms with E-state index in [1.54, 1.807) is 11.3 Å². The Morgan fingerprint density at radius 3 is 2.88 bits per heavy atom. The van der Waals surface area contributed by atoms with E-state index in [9.17, 15) is 9.59 Å². The van der Waals surface area contributed by atoms with Crippen LogP contribution in [0, 0.1) is 32.6 Å². The third kappa shape index (κ3) is 3.54. The fourth-order valence-corrected chi connectivity index (χ4v) is 6.87. The molecule has 1 aromatic carbocycles. The number of hydrogen-bond donors (Lipinski definition) is 1. The van der Waals surface area contributed by atoms with Gasteiger partial charge in [0.1, 0.15) is 11.4 Å². The highest BCUT2D eigenvalue weighted by molar-refractivity contribution is 7.15. The third-order valence-corrected chi connectivity index (χ3v) is 8.68. The fourth-order valence-electron chi connectivity index (χ4n) is 5.20. The highest BCUT2D eigenvalue weighted by atomic mass is 32.1. The summed E-state index contributed by atoms with van der Waals surface area (Å²) < 4.78 is 1.83. The molecule has 2 aliphatic rings. The highest BCUT2D eigenvalue weighted by Gasteiger charge is 2.54. The normalized spacial score (nSPS) is 21.1. The SMILES string of the molecule is Cc1cccc(-c2sc(C)nc2C(=O)N2C[C@H]3C[C@H]3[C@H]2CNC(=O)c2c(C)nc3sccn23)c1. The summed E-state index contributed by atoms with van der Waals surface area (Å²) in [6, 6.07) is 8.19. The van der Waals surface area contributed by atoms with Crippen molar-refractivity contribution < 1.29 is 9.59 Å². The molecule has 0 unspecified atom stereocenters. The molecule has 0 bridgehead atoms. The van der Waals surface area contributed by atoms with Crippen LogP contribution in [0.15, 0.2) is 35.8 Å². The molecule has 6 rings (SSSR count). The van der Waals surface area contributed by atoms with Crippen LogP contribution < -0.4 is 5.32 Å². The van der Waals surface area contributed by atoms with Crippen LogP contribution in [0.5, 0.6) is 0 Å². The number of rotatable bonds is 5. The van der Waals surface area contributed by atoms with Crippen molar-refractivity contribution in [1.82, 2.24) is 24.6 Å². The average Bonchev–Trinajstić information content (AvgIpc) is 3.14. The molecular formula is C25H25N5O2S2. The topological polar surface area (TPSA) is 79.6 Å². The number of carbonyl (C=O) groups is 2. The molecule has 3 aromatic heterocycles. The Morgan fingerprint density at radius 2 is 2.06 bits per heavy atom. The lowest BCUT2D eigenvalue weighted by Crippen LogP contribution is -2.46. The van der Waals surface area contributed by atoms with E-state index < -0.39 is 0 Å². The molecular weight excluding hydrogens is 466 g/mol. The molecule has 1 aliphatic heterocycles. The van der Waals surface area contributed by atoms with Gasteiger partial charge in [0.05, 0.1) is 21.6 Å². The van der Waals surface area contributed by atoms with Crippen LogP contribution in [0.3, 0.4) is 0 Å². The number of fused-ring (bicyclic) bond motifs is 2. The molecule has 4 heterocycles. The van der Waals surface area contributed by atoms with Gasteiger partial charge >= 0.3 is 0 Å². The van der Waals surface area contributed by atoms with E-state index in [0.29, 0.717) is 35.5 Å². The number of likely N-dealkylation sites (tertiary alicyclic amines) is 1. The number of aryl methyl sites for hydroxylation is 3. The van der Waals surface area contributed by atoms with Crippen LogP contribution in [-0.2, 0) is 0 Å². The van der Waals surface area contributed by atoms with Gasteiger partial charge < -0.3 is 10.2 Å². The molecule has 2 fully saturated rings. The molecule has 3 atom stereocenters. The molecule has 1 saturated heterocycles. The van der Waals surface area contributed by atoms with Gasteiger partial charge in [-0.1, -0.05) is 29.8 Å². The maximum Gasteiger partial charge on any atom is 0.274 e. The summed E-state index contributed by atoms with van der Waals surface area (Å²) in [6.07, 6.45) is 2.99. The first-order valence-corrected chi connectivity index (χ1v) is 13.2. The van der Waals surface area contributed by atoms with Crippen LogP contribution in [0.25, 0.3) is 15.4 Å². The van der Waals surface area contributed by atoms with Crippen LogP contribution in [0.4, 0.5) is 0 Å². The lowest BCUT2D eigenvalue weighted by Gasteiger charge is -2.27. The zero-order valence-electron chi connectivity index (χ0n) is 19.2. The Kier molecular flexibility index (Phi) is 5.07. The van der Waals surface area contributed by atoms with Crippen molar-refractivity contribution in [3.63, 3.8) is 0 Å². The third-order valence-electron chi connectivity index (χ3n) is 6.90. The van der Waals surface area contributed by atoms with Gasteiger partial charge in [0.15, 0.2) is 4.96 Å². The van der Waals surface area contributed by atoms with E-state index >= 15 is 0 Å². The number of nitrogens with one attached hydrogen (secondary N) is 1. The summed E-state index contributed by atoms with van der Waals surface area (Å²) in [4.78, 5) is 39.6. The monoisotopic (exact) mass is 491 g/mol. The van der Waals surface area contributed by atoms with Crippen LogP contribution >= 0.6 is 22.7 Å². The lowest BCUT2D eigenvalue weighted by atomic mass is 10.1. The highest BCUT2D eigenvalue weighted by Crippen LogP contribution is 2.50. The smallest absolute Gasteiger partial charge is 0.274 e. The second kappa shape index (κ2) is 8.02. The minimum absolute atomic E-state index is 0.0139. The number of hydrogen-bond acceptors (Lipinski definition) is 6. The van der Waals surface area contributed by atoms with E-state index in [2.05, 4.69) is 34.3 Å². The van der Waals surface area contributed by atoms with Gasteiger partial charge in [0.25, 0.3) is 11.8 Å². The Labute approximate surface area is 205 Å². The minimum Gasteiger partial charge on any atom is -0.349 e. The predicted octanol–water partition coefficient (Wildman–Crippen LogP) is 4.34. The maximum atomic E-state index is 13.7. The molecule has 9 heteroatoms. The van der Waals surface area contributed by atoms with Crippen LogP contribution in [0.1, 0.15) is 43.7 Å². The molecule has 1 N–H and O–H groups in total. The summed E-state index contributed by atoms with van der Waals surface area (Å²) in [5.74, 6) is 0.783. The molecule has 174 valence electrons. The molecule has 7 nitrogen and oxygen atoms in total. The molecule has 1 aliphatic carbocycles. The van der Waals surface area contributed by atoms with Gasteiger partial charge in [-0.3, -0.25) is 14.0 Å². The van der Waals surface area contributed by atoms with Crippen molar-refractivity contribution in [2.24, 2.45) is 11.8 Å². The number of piperidine rings is 1. The van der Waals surface area contributed by atoms with Crippen molar-refractivity contribution >= 4 is 39.4 Å². The molecule has 4 aromatic rings. The first-order valence-electron chi connectivity index (χ1n) is 11.5. The van der Waals surface area contributed by atoms with Crippen molar-refractivity contribution in [2.75, 3.05) is 13.1 Å². The number of nitrogens with zero attached hydrogens (tertiary/aromatic N) is 4. The van der Waals surface area contributed by atoms with E-state index in [4.69, 9.17) is 0 Å². The first kappa shape index (κ1) is 21.5. The standard InChI is InChI=1S/C25H25N5O2S2/c1-13-5-4-6-16(9-13)22-20(28-15(3)34-22)24(32)30-12-17-10-18(17)19(30)11-26-23(31)21-14(2)27-25-29(21)7-8-33-25/h4-9,17-19H,10-12H2,1-3H3,(H,26,31)/t17-,18-,19-/m1/s1. The van der Waals surface area contributed by atoms with Crippen molar-refractivity contribution in [2.45, 2.75) is 33.2 Å². The largest absolute Gasteiger partial charge is 0.349 e. The van der Waals surface area contributed by atoms with Gasteiger partial charge in [-0.15, -0.1) is 22.7 Å². The van der Waals surface area contributed by atoms with Crippen molar-refractivity contribution in [3.8, 4) is 10.4 Å². The Bertz CT molecular complexity index is 1430. The van der Waals surface area contributed by atoms with E-state index in [0.717, 1.165) is 38.9 Å². The number of imidazole rings is 1. The number of thiazole rings is 2. The number of benzene rings is 1. The number of aromatic nitrogens is 3. The van der Waals surface area contributed by atoms with E-state index in [1.165, 1.54) is 11.3 Å². The van der Waals surface area contributed by atoms with Gasteiger partial charge in [0.2, 0.25) is 0 Å². The van der Waals surface area contributed by atoms with Gasteiger partial charge in [0, 0.05) is 24.7 Å². The molecule has 34 heavy (non-hydrogen) atoms. The Morgan fingerprint density at radius 1 is 1.21 bits per heavy atom. The quantitative estimate of drug-likeness (QED) is 0.451. The summed E-state index contributed by atoms with van der Waals surface area (Å²) in [5, 5.41) is 5.90. The Hall–Kier alpha value is -3.04. The van der Waals surface area contributed by atoms with Gasteiger partial charge in [-0.25, -0.2) is 9.97 Å². The molecule has 0 radical (unpaired) electrons. The average molecular weight is 492 g/mol. The number of carbonyl (C=O) groups excluding carboxylic acids is 2. The molecule has 1 saturated carbocycles. The maximum absolute atomic E-state index is 13.7. The van der Waals surface area contributed by atoms with Gasteiger partial charge in [-0.2, -0.15) is 0 Å². The summed E-state index contributed by atoms with van der Waals surface area (Å²) in [5.41, 5.74) is 3.99. The lowest BCUT2D eigenvalue weighted by molar-refractivity contribution is 0.0690. The van der Waals surface area contributed by atoms with Crippen molar-refractivity contribution in [3.05, 3.63) is 63.5 Å². The van der Waals surface area contributed by atoms with Crippen molar-refractivity contribution in [1.29, 1.82) is 0 Å². The Balaban J connectivity index is 1.24. The second-order valence-electron chi connectivity index (χ2n) is 9.28. The number of amides is 2. The summed E-state index contributed by atoms with van der Waals surface area (Å²) in [7, 11) is 0. The zero-order chi connectivity index (χ0) is 23.6. The van der Waals surface area contributed by atoms with E-state index in [-0.39, 0.29) is 17.9 Å². The van der Waals surface area contributed by atoms with E-state index in [1.807, 2.05) is 46.9 Å². The summed E-state index contributed by atoms with van der Waals surface area (Å²) >= 11 is 3.07. The predicted molar refractivity (Wildman–Crippen MR) is 134 cm³/mol. The first-order chi connectivity index (χ1) is 16.4. The summed E-state index contributed by atoms with van der Waals surface area (Å²) in [6.45, 7) is 7.02.